The van der Waals surface area contributed by atoms with Gasteiger partial charge in [0.1, 0.15) is 0 Å². The van der Waals surface area contributed by atoms with Gasteiger partial charge in [-0.3, -0.25) is 4.79 Å². The van der Waals surface area contributed by atoms with Gasteiger partial charge in [-0.05, 0) is 13.3 Å². The summed E-state index contributed by atoms with van der Waals surface area (Å²) in [6.07, 6.45) is 0.757. The minimum atomic E-state index is -0.829. The van der Waals surface area contributed by atoms with Gasteiger partial charge >= 0.3 is 5.97 Å². The van der Waals surface area contributed by atoms with Crippen LogP contribution >= 0.6 is 11.3 Å². The molecule has 14 heavy (non-hydrogen) atoms. The summed E-state index contributed by atoms with van der Waals surface area (Å²) >= 11 is 1.17. The highest BCUT2D eigenvalue weighted by Gasteiger charge is 2.20. The third kappa shape index (κ3) is 2.38. The molecule has 5 heteroatoms. The number of ketones is 1. The maximum absolute atomic E-state index is 11.3. The lowest BCUT2D eigenvalue weighted by Gasteiger charge is -1.96. The van der Waals surface area contributed by atoms with Crippen LogP contribution in [0, 0.1) is 0 Å². The van der Waals surface area contributed by atoms with Crippen LogP contribution in [0.5, 0.6) is 0 Å². The predicted molar refractivity (Wildman–Crippen MR) is 52.5 cm³/mol. The van der Waals surface area contributed by atoms with Crippen molar-refractivity contribution in [2.75, 3.05) is 6.61 Å². The Balaban J connectivity index is 2.74. The molecule has 0 atom stereocenters. The maximum Gasteiger partial charge on any atom is 0.382 e. The maximum atomic E-state index is 11.3. The molecule has 0 spiro atoms. The van der Waals surface area contributed by atoms with Crippen LogP contribution in [0.4, 0.5) is 0 Å². The first kappa shape index (κ1) is 10.8. The second-order valence-corrected chi connectivity index (χ2v) is 3.41. The zero-order valence-electron chi connectivity index (χ0n) is 8.07. The first-order valence-corrected chi connectivity index (χ1v) is 5.22. The summed E-state index contributed by atoms with van der Waals surface area (Å²) in [7, 11) is 0. The number of aryl methyl sites for hydroxylation is 1. The van der Waals surface area contributed by atoms with E-state index in [-0.39, 0.29) is 11.6 Å². The van der Waals surface area contributed by atoms with Crippen LogP contribution in [0.2, 0.25) is 0 Å². The van der Waals surface area contributed by atoms with Gasteiger partial charge in [0.15, 0.2) is 5.01 Å². The molecule has 0 bridgehead atoms. The number of ether oxygens (including phenoxy) is 1. The molecule has 0 aliphatic heterocycles. The number of esters is 1. The zero-order chi connectivity index (χ0) is 10.6. The minimum Gasteiger partial charge on any atom is -0.460 e. The molecule has 1 heterocycles. The van der Waals surface area contributed by atoms with E-state index in [9.17, 15) is 9.59 Å². The van der Waals surface area contributed by atoms with Gasteiger partial charge in [0.25, 0.3) is 5.78 Å². The second-order valence-electron chi connectivity index (χ2n) is 2.55. The number of carbonyl (C=O) groups excluding carboxylic acids is 2. The van der Waals surface area contributed by atoms with Gasteiger partial charge < -0.3 is 4.74 Å². The third-order valence-corrected chi connectivity index (χ3v) is 2.46. The van der Waals surface area contributed by atoms with Gasteiger partial charge in [-0.15, -0.1) is 11.3 Å². The summed E-state index contributed by atoms with van der Waals surface area (Å²) in [6, 6.07) is 0. The van der Waals surface area contributed by atoms with E-state index in [1.54, 1.807) is 12.3 Å². The molecule has 0 saturated heterocycles. The quantitative estimate of drug-likeness (QED) is 0.431. The Morgan fingerprint density at radius 1 is 1.50 bits per heavy atom. The molecule has 0 radical (unpaired) electrons. The van der Waals surface area contributed by atoms with Crippen LogP contribution in [-0.2, 0) is 16.0 Å². The number of hydrogen-bond acceptors (Lipinski definition) is 5. The van der Waals surface area contributed by atoms with Gasteiger partial charge in [-0.25, -0.2) is 9.78 Å². The lowest BCUT2D eigenvalue weighted by atomic mass is 10.4. The second kappa shape index (κ2) is 4.85. The van der Waals surface area contributed by atoms with E-state index in [4.69, 9.17) is 0 Å². The first-order valence-electron chi connectivity index (χ1n) is 4.34. The smallest absolute Gasteiger partial charge is 0.382 e. The molecule has 1 rings (SSSR count). The fraction of sp³-hybridized carbons (Fsp3) is 0.444. The summed E-state index contributed by atoms with van der Waals surface area (Å²) in [5, 5.41) is 1.98. The first-order chi connectivity index (χ1) is 6.69. The predicted octanol–water partition coefficient (Wildman–Crippen LogP) is 1.45. The van der Waals surface area contributed by atoms with Crippen molar-refractivity contribution in [3.05, 3.63) is 16.1 Å². The standard InChI is InChI=1S/C9H11NO3S/c1-3-6-5-14-8(10-6)7(11)9(12)13-4-2/h5H,3-4H2,1-2H3. The number of rotatable bonds is 4. The van der Waals surface area contributed by atoms with Crippen molar-refractivity contribution in [1.82, 2.24) is 4.98 Å². The average molecular weight is 213 g/mol. The van der Waals surface area contributed by atoms with Crippen molar-refractivity contribution in [3.8, 4) is 0 Å². The van der Waals surface area contributed by atoms with Gasteiger partial charge in [0.05, 0.1) is 12.3 Å². The Kier molecular flexibility index (Phi) is 3.76. The van der Waals surface area contributed by atoms with E-state index in [0.29, 0.717) is 0 Å². The van der Waals surface area contributed by atoms with Crippen LogP contribution in [-0.4, -0.2) is 23.3 Å². The fourth-order valence-corrected chi connectivity index (χ4v) is 1.68. The Labute approximate surface area is 85.9 Å². The van der Waals surface area contributed by atoms with Crippen LogP contribution in [0.25, 0.3) is 0 Å². The Hall–Kier alpha value is -1.23. The van der Waals surface area contributed by atoms with Gasteiger partial charge in [-0.1, -0.05) is 6.92 Å². The molecule has 0 amide bonds. The molecule has 4 nitrogen and oxygen atoms in total. The molecule has 0 saturated carbocycles. The highest BCUT2D eigenvalue weighted by Crippen LogP contribution is 2.11. The summed E-state index contributed by atoms with van der Waals surface area (Å²) < 4.78 is 4.58. The lowest BCUT2D eigenvalue weighted by molar-refractivity contribution is -0.137. The largest absolute Gasteiger partial charge is 0.460 e. The number of carbonyl (C=O) groups is 2. The van der Waals surface area contributed by atoms with E-state index in [1.807, 2.05) is 6.92 Å². The van der Waals surface area contributed by atoms with Crippen molar-refractivity contribution in [3.63, 3.8) is 0 Å². The number of Topliss-reactive ketones (excluding diaryl/α,β-unsaturated/α-hetero) is 1. The summed E-state index contributed by atoms with van der Waals surface area (Å²) in [5.41, 5.74) is 0.822. The van der Waals surface area contributed by atoms with Crippen LogP contribution < -0.4 is 0 Å². The molecule has 0 fully saturated rings. The highest BCUT2D eigenvalue weighted by molar-refractivity contribution is 7.12. The van der Waals surface area contributed by atoms with Crippen LogP contribution in [0.1, 0.15) is 29.3 Å². The molecule has 76 valence electrons. The van der Waals surface area contributed by atoms with E-state index in [1.165, 1.54) is 11.3 Å². The van der Waals surface area contributed by atoms with Crippen molar-refractivity contribution in [2.45, 2.75) is 20.3 Å². The topological polar surface area (TPSA) is 56.3 Å². The third-order valence-electron chi connectivity index (χ3n) is 1.57. The van der Waals surface area contributed by atoms with Crippen molar-refractivity contribution < 1.29 is 14.3 Å². The molecule has 0 N–H and O–H groups in total. The molecule has 0 unspecified atom stereocenters. The minimum absolute atomic E-state index is 0.205. The molecule has 0 aromatic carbocycles. The van der Waals surface area contributed by atoms with Gasteiger partial charge in [-0.2, -0.15) is 0 Å². The molecule has 1 aromatic heterocycles. The molecule has 0 aliphatic carbocycles. The van der Waals surface area contributed by atoms with E-state index < -0.39 is 11.8 Å². The zero-order valence-corrected chi connectivity index (χ0v) is 8.89. The van der Waals surface area contributed by atoms with E-state index >= 15 is 0 Å². The van der Waals surface area contributed by atoms with Gasteiger partial charge in [0.2, 0.25) is 0 Å². The molecule has 1 aromatic rings. The van der Waals surface area contributed by atoms with Crippen LogP contribution in [0.15, 0.2) is 5.38 Å². The van der Waals surface area contributed by atoms with E-state index in [2.05, 4.69) is 9.72 Å². The van der Waals surface area contributed by atoms with Crippen LogP contribution in [0.3, 0.4) is 0 Å². The Morgan fingerprint density at radius 3 is 2.71 bits per heavy atom. The number of nitrogens with zero attached hydrogens (tertiary/aromatic N) is 1. The number of hydrogen-bond donors (Lipinski definition) is 0. The molecular formula is C9H11NO3S. The van der Waals surface area contributed by atoms with Crippen molar-refractivity contribution >= 4 is 23.1 Å². The molecular weight excluding hydrogens is 202 g/mol. The summed E-state index contributed by atoms with van der Waals surface area (Å²) in [6.45, 7) is 3.80. The number of thiazole rings is 1. The van der Waals surface area contributed by atoms with Gasteiger partial charge in [0, 0.05) is 5.38 Å². The normalized spacial score (nSPS) is 9.86. The van der Waals surface area contributed by atoms with Crippen molar-refractivity contribution in [2.24, 2.45) is 0 Å². The summed E-state index contributed by atoms with van der Waals surface area (Å²) in [4.78, 5) is 26.4. The van der Waals surface area contributed by atoms with Crippen molar-refractivity contribution in [1.29, 1.82) is 0 Å². The average Bonchev–Trinajstić information content (AvgIpc) is 2.65. The Morgan fingerprint density at radius 2 is 2.21 bits per heavy atom. The fourth-order valence-electron chi connectivity index (χ4n) is 0.858. The Bertz CT molecular complexity index is 346. The monoisotopic (exact) mass is 213 g/mol. The lowest BCUT2D eigenvalue weighted by Crippen LogP contribution is -2.17. The SMILES string of the molecule is CCOC(=O)C(=O)c1nc(CC)cs1. The summed E-state index contributed by atoms with van der Waals surface area (Å²) in [5.74, 6) is -1.49. The highest BCUT2D eigenvalue weighted by atomic mass is 32.1. The van der Waals surface area contributed by atoms with E-state index in [0.717, 1.165) is 12.1 Å². The molecule has 0 aliphatic rings. The number of aromatic nitrogens is 1.